The van der Waals surface area contributed by atoms with E-state index in [1.807, 2.05) is 0 Å². The summed E-state index contributed by atoms with van der Waals surface area (Å²) in [5.74, 6) is 0.491. The molecule has 0 atom stereocenters. The summed E-state index contributed by atoms with van der Waals surface area (Å²) in [7, 11) is -1.68. The first-order valence-electron chi connectivity index (χ1n) is 7.91. The van der Waals surface area contributed by atoms with Gasteiger partial charge in [0.1, 0.15) is 6.61 Å². The summed E-state index contributed by atoms with van der Waals surface area (Å²) < 4.78 is 63.5. The number of aryl methyl sites for hydroxylation is 1. The van der Waals surface area contributed by atoms with E-state index in [0.29, 0.717) is 35.9 Å². The first kappa shape index (κ1) is 25.9. The van der Waals surface area contributed by atoms with Crippen molar-refractivity contribution in [2.75, 3.05) is 33.1 Å². The van der Waals surface area contributed by atoms with E-state index in [1.54, 1.807) is 32.2 Å². The summed E-state index contributed by atoms with van der Waals surface area (Å²) in [6.45, 7) is 1.31. The van der Waals surface area contributed by atoms with Gasteiger partial charge in [-0.15, -0.1) is 24.0 Å². The van der Waals surface area contributed by atoms with Crippen molar-refractivity contribution < 1.29 is 26.3 Å². The number of nitrogens with zero attached hydrogens (tertiary/aromatic N) is 1. The van der Waals surface area contributed by atoms with Crippen molar-refractivity contribution >= 4 is 39.8 Å². The van der Waals surface area contributed by atoms with E-state index in [0.717, 1.165) is 11.8 Å². The summed E-state index contributed by atoms with van der Waals surface area (Å²) in [5.41, 5.74) is 1.54. The second-order valence-corrected chi connectivity index (χ2v) is 7.73. The molecule has 156 valence electrons. The van der Waals surface area contributed by atoms with Gasteiger partial charge in [-0.1, -0.05) is 12.1 Å². The Morgan fingerprint density at radius 1 is 1.26 bits per heavy atom. The van der Waals surface area contributed by atoms with Crippen LogP contribution in [0.4, 0.5) is 13.2 Å². The highest BCUT2D eigenvalue weighted by Gasteiger charge is 2.27. The van der Waals surface area contributed by atoms with Gasteiger partial charge in [0, 0.05) is 33.0 Å². The third kappa shape index (κ3) is 10.7. The van der Waals surface area contributed by atoms with Gasteiger partial charge in [0.15, 0.2) is 15.8 Å². The lowest BCUT2D eigenvalue weighted by molar-refractivity contribution is -0.173. The molecule has 0 spiro atoms. The fraction of sp³-hybridized carbons (Fsp3) is 0.562. The fourth-order valence-corrected chi connectivity index (χ4v) is 3.17. The predicted molar refractivity (Wildman–Crippen MR) is 109 cm³/mol. The zero-order chi connectivity index (χ0) is 19.8. The molecule has 11 heteroatoms. The number of nitrogens with one attached hydrogen (secondary N) is 2. The summed E-state index contributed by atoms with van der Waals surface area (Å²) in [6.07, 6.45) is -2.74. The van der Waals surface area contributed by atoms with Crippen molar-refractivity contribution in [3.8, 4) is 0 Å². The monoisotopic (exact) mass is 523 g/mol. The third-order valence-corrected chi connectivity index (χ3v) is 4.60. The van der Waals surface area contributed by atoms with E-state index >= 15 is 0 Å². The second kappa shape index (κ2) is 11.7. The highest BCUT2D eigenvalue weighted by atomic mass is 127. The van der Waals surface area contributed by atoms with Crippen LogP contribution < -0.4 is 10.6 Å². The van der Waals surface area contributed by atoms with Gasteiger partial charge in [0.05, 0.1) is 4.90 Å². The van der Waals surface area contributed by atoms with E-state index < -0.39 is 22.6 Å². The smallest absolute Gasteiger partial charge is 0.372 e. The van der Waals surface area contributed by atoms with Gasteiger partial charge < -0.3 is 15.4 Å². The number of aliphatic imine (C=N–C) groups is 1. The molecular formula is C16H25F3IN3O3S. The Hall–Kier alpha value is -1.08. The van der Waals surface area contributed by atoms with Crippen molar-refractivity contribution in [3.63, 3.8) is 0 Å². The van der Waals surface area contributed by atoms with Gasteiger partial charge in [-0.25, -0.2) is 8.42 Å². The molecule has 0 aliphatic carbocycles. The number of rotatable bonds is 8. The molecule has 0 aromatic heterocycles. The molecule has 0 radical (unpaired) electrons. The minimum absolute atomic E-state index is 0. The molecule has 0 bridgehead atoms. The zero-order valence-electron chi connectivity index (χ0n) is 15.4. The molecule has 6 nitrogen and oxygen atoms in total. The van der Waals surface area contributed by atoms with Crippen LogP contribution in [0.3, 0.4) is 0 Å². The average Bonchev–Trinajstić information content (AvgIpc) is 2.51. The highest BCUT2D eigenvalue weighted by molar-refractivity contribution is 14.0. The minimum Gasteiger partial charge on any atom is -0.372 e. The van der Waals surface area contributed by atoms with Crippen molar-refractivity contribution in [1.29, 1.82) is 0 Å². The van der Waals surface area contributed by atoms with Gasteiger partial charge in [0.25, 0.3) is 0 Å². The van der Waals surface area contributed by atoms with Gasteiger partial charge >= 0.3 is 6.18 Å². The normalized spacial score (nSPS) is 12.4. The summed E-state index contributed by atoms with van der Waals surface area (Å²) in [4.78, 5) is 4.31. The standard InChI is InChI=1S/C16H24F3N3O3S.HI/c1-12-9-13(5-6-14(12)26(3,23)24)10-22-15(20-2)21-7-4-8-25-11-16(17,18)19;/h5-6,9H,4,7-8,10-11H2,1-3H3,(H2,20,21,22);1H. The molecule has 0 aliphatic rings. The lowest BCUT2D eigenvalue weighted by atomic mass is 10.1. The molecule has 1 aromatic rings. The molecular weight excluding hydrogens is 498 g/mol. The SMILES string of the molecule is CN=C(NCCCOCC(F)(F)F)NCc1ccc(S(C)(=O)=O)c(C)c1.I. The lowest BCUT2D eigenvalue weighted by Gasteiger charge is -2.13. The number of hydrogen-bond donors (Lipinski definition) is 2. The quantitative estimate of drug-likeness (QED) is 0.237. The molecule has 0 unspecified atom stereocenters. The molecule has 1 aromatic carbocycles. The van der Waals surface area contributed by atoms with Crippen molar-refractivity contribution in [1.82, 2.24) is 10.6 Å². The Morgan fingerprint density at radius 2 is 1.93 bits per heavy atom. The second-order valence-electron chi connectivity index (χ2n) is 5.75. The summed E-state index contributed by atoms with van der Waals surface area (Å²) in [6, 6.07) is 5.06. The predicted octanol–water partition coefficient (Wildman–Crippen LogP) is 2.65. The first-order valence-corrected chi connectivity index (χ1v) is 9.80. The number of ether oxygens (including phenoxy) is 1. The Kier molecular flexibility index (Phi) is 11.2. The van der Waals surface area contributed by atoms with Crippen LogP contribution in [0, 0.1) is 6.92 Å². The van der Waals surface area contributed by atoms with Crippen LogP contribution in [0.1, 0.15) is 17.5 Å². The number of sulfone groups is 1. The van der Waals surface area contributed by atoms with Crippen molar-refractivity contribution in [2.45, 2.75) is 31.0 Å². The Morgan fingerprint density at radius 3 is 2.44 bits per heavy atom. The van der Waals surface area contributed by atoms with Crippen LogP contribution in [-0.2, 0) is 21.1 Å². The number of halogens is 4. The Balaban J connectivity index is 0.00000676. The maximum atomic E-state index is 11.9. The topological polar surface area (TPSA) is 79.8 Å². The minimum atomic E-state index is -4.31. The number of benzene rings is 1. The highest BCUT2D eigenvalue weighted by Crippen LogP contribution is 2.16. The molecule has 0 saturated carbocycles. The van der Waals surface area contributed by atoms with E-state index in [1.165, 1.54) is 0 Å². The summed E-state index contributed by atoms with van der Waals surface area (Å²) >= 11 is 0. The van der Waals surface area contributed by atoms with Crippen molar-refractivity contribution in [2.24, 2.45) is 4.99 Å². The van der Waals surface area contributed by atoms with Crippen LogP contribution >= 0.6 is 24.0 Å². The van der Waals surface area contributed by atoms with Crippen LogP contribution in [0.15, 0.2) is 28.1 Å². The molecule has 0 saturated heterocycles. The van der Waals surface area contributed by atoms with Crippen LogP contribution in [0.5, 0.6) is 0 Å². The third-order valence-electron chi connectivity index (χ3n) is 3.35. The largest absolute Gasteiger partial charge is 0.411 e. The number of guanidine groups is 1. The fourth-order valence-electron chi connectivity index (χ4n) is 2.21. The molecule has 1 rings (SSSR count). The lowest BCUT2D eigenvalue weighted by Crippen LogP contribution is -2.37. The molecule has 2 N–H and O–H groups in total. The molecule has 0 amide bonds. The van der Waals surface area contributed by atoms with Gasteiger partial charge in [-0.3, -0.25) is 4.99 Å². The average molecular weight is 523 g/mol. The van der Waals surface area contributed by atoms with Gasteiger partial charge in [-0.2, -0.15) is 13.2 Å². The van der Waals surface area contributed by atoms with E-state index in [-0.39, 0.29) is 30.6 Å². The van der Waals surface area contributed by atoms with Crippen LogP contribution in [0.25, 0.3) is 0 Å². The molecule has 0 fully saturated rings. The van der Waals surface area contributed by atoms with Gasteiger partial charge in [-0.05, 0) is 30.5 Å². The summed E-state index contributed by atoms with van der Waals surface area (Å²) in [5, 5.41) is 6.02. The van der Waals surface area contributed by atoms with Crippen LogP contribution in [0.2, 0.25) is 0 Å². The number of hydrogen-bond acceptors (Lipinski definition) is 4. The maximum absolute atomic E-state index is 11.9. The molecule has 0 heterocycles. The van der Waals surface area contributed by atoms with E-state index in [2.05, 4.69) is 20.4 Å². The molecule has 0 aliphatic heterocycles. The first-order chi connectivity index (χ1) is 12.0. The zero-order valence-corrected chi connectivity index (χ0v) is 18.5. The Bertz CT molecular complexity index is 725. The van der Waals surface area contributed by atoms with Gasteiger partial charge in [0.2, 0.25) is 0 Å². The van der Waals surface area contributed by atoms with Crippen molar-refractivity contribution in [3.05, 3.63) is 29.3 Å². The number of alkyl halides is 3. The molecule has 27 heavy (non-hydrogen) atoms. The van der Waals surface area contributed by atoms with Crippen LogP contribution in [-0.4, -0.2) is 53.6 Å². The maximum Gasteiger partial charge on any atom is 0.411 e. The Labute approximate surface area is 174 Å². The van der Waals surface area contributed by atoms with E-state index in [9.17, 15) is 21.6 Å². The van der Waals surface area contributed by atoms with E-state index in [4.69, 9.17) is 0 Å².